The molecule has 1 amide bonds. The molecule has 4 saturated carbocycles. The number of likely N-dealkylation sites (tertiary alicyclic amines) is 1. The smallest absolute Gasteiger partial charge is 0.267 e. The summed E-state index contributed by atoms with van der Waals surface area (Å²) >= 11 is 6.55. The fraction of sp³-hybridized carbons (Fsp3) is 0.615. The van der Waals surface area contributed by atoms with E-state index in [0.29, 0.717) is 40.6 Å². The van der Waals surface area contributed by atoms with E-state index in [1.54, 1.807) is 32.0 Å². The van der Waals surface area contributed by atoms with Crippen molar-refractivity contribution in [3.63, 3.8) is 0 Å². The van der Waals surface area contributed by atoms with E-state index >= 15 is 0 Å². The molecule has 3 atom stereocenters. The Morgan fingerprint density at radius 1 is 1.22 bits per heavy atom. The number of nitrogens with zero attached hydrogens (tertiary/aromatic N) is 2. The fourth-order valence-electron chi connectivity index (χ4n) is 7.82. The molecule has 4 aliphatic carbocycles. The van der Waals surface area contributed by atoms with Crippen molar-refractivity contribution >= 4 is 33.2 Å². The predicted molar refractivity (Wildman–Crippen MR) is 134 cm³/mol. The van der Waals surface area contributed by atoms with Crippen LogP contribution in [0.25, 0.3) is 0 Å². The first kappa shape index (κ1) is 24.2. The number of anilines is 1. The van der Waals surface area contributed by atoms with Gasteiger partial charge in [0.25, 0.3) is 10.0 Å². The molecular formula is C26H32ClN3O5S. The number of carbonyl (C=O) groups is 1. The first-order chi connectivity index (χ1) is 17.0. The lowest BCUT2D eigenvalue weighted by molar-refractivity contribution is -0.168. The van der Waals surface area contributed by atoms with Crippen LogP contribution in [-0.2, 0) is 21.2 Å². The van der Waals surface area contributed by atoms with E-state index in [1.165, 1.54) is 0 Å². The Morgan fingerprint density at radius 3 is 2.56 bits per heavy atom. The van der Waals surface area contributed by atoms with Crippen LogP contribution in [0, 0.1) is 37.5 Å². The highest BCUT2D eigenvalue weighted by Gasteiger charge is 2.57. The topological polar surface area (TPSA) is 113 Å². The summed E-state index contributed by atoms with van der Waals surface area (Å²) in [6.07, 6.45) is 6.18. The summed E-state index contributed by atoms with van der Waals surface area (Å²) in [6, 6.07) is 5.31. The van der Waals surface area contributed by atoms with Crippen LogP contribution in [0.5, 0.6) is 0 Å². The fourth-order valence-corrected chi connectivity index (χ4v) is 9.46. The number of sulfonamides is 1. The third-order valence-electron chi connectivity index (χ3n) is 8.91. The molecule has 3 unspecified atom stereocenters. The minimum atomic E-state index is -3.87. The summed E-state index contributed by atoms with van der Waals surface area (Å²) in [5, 5.41) is 15.1. The number of aromatic nitrogens is 1. The number of halogens is 1. The summed E-state index contributed by atoms with van der Waals surface area (Å²) in [4.78, 5) is 15.6. The first-order valence-electron chi connectivity index (χ1n) is 12.8. The van der Waals surface area contributed by atoms with E-state index in [2.05, 4.69) is 14.8 Å². The Bertz CT molecular complexity index is 1290. The summed E-state index contributed by atoms with van der Waals surface area (Å²) in [5.41, 5.74) is 0.962. The zero-order valence-corrected chi connectivity index (χ0v) is 22.1. The van der Waals surface area contributed by atoms with Gasteiger partial charge in [0.2, 0.25) is 5.91 Å². The van der Waals surface area contributed by atoms with Crippen LogP contribution in [0.3, 0.4) is 0 Å². The van der Waals surface area contributed by atoms with Crippen LogP contribution in [0.4, 0.5) is 5.69 Å². The molecule has 1 saturated heterocycles. The minimum Gasteiger partial charge on any atom is -0.390 e. The van der Waals surface area contributed by atoms with E-state index in [1.807, 2.05) is 0 Å². The molecule has 4 bridgehead atoms. The number of aryl methyl sites for hydroxylation is 2. The molecule has 2 heterocycles. The lowest BCUT2D eigenvalue weighted by atomic mass is 9.52. The average molecular weight is 534 g/mol. The van der Waals surface area contributed by atoms with Gasteiger partial charge in [0.15, 0.2) is 10.7 Å². The normalized spacial score (nSPS) is 33.5. The standard InChI is InChI=1S/C26H32ClN3O5S/c1-14-24(15(2)35-28-14)36(33,34)29-21-4-3-17(22(27)10-21)9-18-5-6-30(25(18)31)23-19-7-16-8-20(23)13-26(32,11-16)12-19/h3-4,10,16,18-20,23,29,32H,5-9,11-13H2,1-2H3. The van der Waals surface area contributed by atoms with E-state index in [0.717, 1.165) is 50.6 Å². The summed E-state index contributed by atoms with van der Waals surface area (Å²) < 4.78 is 33.2. The van der Waals surface area contributed by atoms with Gasteiger partial charge in [-0.3, -0.25) is 9.52 Å². The third kappa shape index (κ3) is 4.03. The van der Waals surface area contributed by atoms with Gasteiger partial charge in [-0.25, -0.2) is 8.42 Å². The van der Waals surface area contributed by atoms with Crippen molar-refractivity contribution in [1.29, 1.82) is 0 Å². The van der Waals surface area contributed by atoms with E-state index in [-0.39, 0.29) is 28.5 Å². The molecule has 10 heteroatoms. The number of hydrogen-bond donors (Lipinski definition) is 2. The predicted octanol–water partition coefficient (Wildman–Crippen LogP) is 4.08. The third-order valence-corrected chi connectivity index (χ3v) is 10.9. The number of rotatable bonds is 6. The number of benzene rings is 1. The monoisotopic (exact) mass is 533 g/mol. The number of carbonyl (C=O) groups excluding carboxylic acids is 1. The van der Waals surface area contributed by atoms with Gasteiger partial charge in [0.1, 0.15) is 5.69 Å². The second kappa shape index (κ2) is 8.46. The Labute approximate surface area is 216 Å². The molecule has 2 N–H and O–H groups in total. The number of aliphatic hydroxyl groups is 1. The second-order valence-corrected chi connectivity index (χ2v) is 13.5. The van der Waals surface area contributed by atoms with Gasteiger partial charge in [0, 0.05) is 23.5 Å². The molecule has 1 aromatic carbocycles. The van der Waals surface area contributed by atoms with Crippen molar-refractivity contribution < 1.29 is 22.8 Å². The molecule has 0 radical (unpaired) electrons. The van der Waals surface area contributed by atoms with E-state index in [4.69, 9.17) is 16.1 Å². The van der Waals surface area contributed by atoms with Gasteiger partial charge in [-0.15, -0.1) is 0 Å². The van der Waals surface area contributed by atoms with Gasteiger partial charge in [0.05, 0.1) is 11.3 Å². The largest absolute Gasteiger partial charge is 0.390 e. The molecule has 1 aliphatic heterocycles. The second-order valence-electron chi connectivity index (χ2n) is 11.5. The molecule has 8 nitrogen and oxygen atoms in total. The van der Waals surface area contributed by atoms with Crippen LogP contribution in [0.1, 0.15) is 55.5 Å². The summed E-state index contributed by atoms with van der Waals surface area (Å²) in [5.74, 6) is 1.73. The molecule has 194 valence electrons. The molecule has 5 aliphatic rings. The number of nitrogens with one attached hydrogen (secondary N) is 1. The highest BCUT2D eigenvalue weighted by atomic mass is 35.5. The molecule has 5 fully saturated rings. The summed E-state index contributed by atoms with van der Waals surface area (Å²) in [7, 11) is -3.87. The average Bonchev–Trinajstić information content (AvgIpc) is 3.30. The maximum atomic E-state index is 13.5. The van der Waals surface area contributed by atoms with Gasteiger partial charge in [-0.1, -0.05) is 22.8 Å². The van der Waals surface area contributed by atoms with Gasteiger partial charge < -0.3 is 14.5 Å². The number of hydrogen-bond acceptors (Lipinski definition) is 6. The summed E-state index contributed by atoms with van der Waals surface area (Å²) in [6.45, 7) is 3.89. The Morgan fingerprint density at radius 2 is 1.94 bits per heavy atom. The van der Waals surface area contributed by atoms with Gasteiger partial charge in [-0.05, 0) is 94.2 Å². The molecule has 36 heavy (non-hydrogen) atoms. The van der Waals surface area contributed by atoms with E-state index in [9.17, 15) is 18.3 Å². The van der Waals surface area contributed by atoms with Crippen molar-refractivity contribution in [2.24, 2.45) is 23.7 Å². The highest BCUT2D eigenvalue weighted by Crippen LogP contribution is 2.57. The van der Waals surface area contributed by atoms with E-state index < -0.39 is 15.6 Å². The lowest BCUT2D eigenvalue weighted by Gasteiger charge is -2.59. The molecule has 2 aromatic rings. The van der Waals surface area contributed by atoms with Crippen molar-refractivity contribution in [1.82, 2.24) is 10.1 Å². The first-order valence-corrected chi connectivity index (χ1v) is 14.7. The maximum Gasteiger partial charge on any atom is 0.267 e. The zero-order valence-electron chi connectivity index (χ0n) is 20.5. The lowest BCUT2D eigenvalue weighted by Crippen LogP contribution is -2.62. The highest BCUT2D eigenvalue weighted by molar-refractivity contribution is 7.92. The van der Waals surface area contributed by atoms with Crippen molar-refractivity contribution in [3.8, 4) is 0 Å². The molecule has 1 aromatic heterocycles. The van der Waals surface area contributed by atoms with Gasteiger partial charge >= 0.3 is 0 Å². The van der Waals surface area contributed by atoms with Crippen LogP contribution < -0.4 is 4.72 Å². The van der Waals surface area contributed by atoms with Crippen LogP contribution in [0.15, 0.2) is 27.6 Å². The molecule has 7 rings (SSSR count). The Balaban J connectivity index is 1.14. The Hall–Kier alpha value is -2.10. The van der Waals surface area contributed by atoms with Crippen molar-refractivity contribution in [2.45, 2.75) is 75.3 Å². The maximum absolute atomic E-state index is 13.5. The van der Waals surface area contributed by atoms with Gasteiger partial charge in [-0.2, -0.15) is 0 Å². The number of amides is 1. The molecular weight excluding hydrogens is 502 g/mol. The van der Waals surface area contributed by atoms with Crippen LogP contribution in [0.2, 0.25) is 5.02 Å². The Kier molecular flexibility index (Phi) is 5.70. The molecule has 0 spiro atoms. The SMILES string of the molecule is Cc1noc(C)c1S(=O)(=O)Nc1ccc(CC2CCN(C3C4CC5CC3CC(O)(C5)C4)C2=O)c(Cl)c1. The van der Waals surface area contributed by atoms with Crippen molar-refractivity contribution in [2.75, 3.05) is 11.3 Å². The quantitative estimate of drug-likeness (QED) is 0.578. The van der Waals surface area contributed by atoms with Crippen molar-refractivity contribution in [3.05, 3.63) is 40.2 Å². The zero-order chi connectivity index (χ0) is 25.4. The van der Waals surface area contributed by atoms with Crippen LogP contribution in [-0.4, -0.2) is 47.7 Å². The minimum absolute atomic E-state index is 0.0243. The van der Waals surface area contributed by atoms with Crippen LogP contribution >= 0.6 is 11.6 Å².